The minimum absolute atomic E-state index is 0.0184. The lowest BCUT2D eigenvalue weighted by Gasteiger charge is -2.26. The SMILES string of the molecule is C/C(=N/Nc1nc2ccccc2s1)c1ccc(OCC(=O)N2CCOCC2)cc1. The molecule has 0 bridgehead atoms. The molecule has 1 aliphatic rings. The van der Waals surface area contributed by atoms with Crippen LogP contribution in [0.2, 0.25) is 0 Å². The fourth-order valence-corrected chi connectivity index (χ4v) is 3.77. The third-order valence-corrected chi connectivity index (χ3v) is 5.55. The number of hydrazone groups is 1. The number of hydrogen-bond acceptors (Lipinski definition) is 7. The van der Waals surface area contributed by atoms with Crippen LogP contribution in [0.25, 0.3) is 10.2 Å². The molecule has 1 aromatic heterocycles. The highest BCUT2D eigenvalue weighted by Crippen LogP contribution is 2.25. The Balaban J connectivity index is 1.32. The topological polar surface area (TPSA) is 76.1 Å². The first-order valence-electron chi connectivity index (χ1n) is 9.44. The molecule has 0 saturated carbocycles. The van der Waals surface area contributed by atoms with Gasteiger partial charge in [-0.05, 0) is 48.9 Å². The molecule has 1 N–H and O–H groups in total. The van der Waals surface area contributed by atoms with Crippen LogP contribution in [0.15, 0.2) is 53.6 Å². The van der Waals surface area contributed by atoms with Crippen LogP contribution in [-0.4, -0.2) is 54.4 Å². The van der Waals surface area contributed by atoms with Crippen molar-refractivity contribution in [1.82, 2.24) is 9.88 Å². The van der Waals surface area contributed by atoms with Gasteiger partial charge in [-0.25, -0.2) is 4.98 Å². The van der Waals surface area contributed by atoms with Crippen molar-refractivity contribution in [2.45, 2.75) is 6.92 Å². The molecular formula is C21H22N4O3S. The first-order chi connectivity index (χ1) is 14.2. The molecule has 29 heavy (non-hydrogen) atoms. The number of carbonyl (C=O) groups is 1. The lowest BCUT2D eigenvalue weighted by atomic mass is 10.1. The van der Waals surface area contributed by atoms with E-state index in [4.69, 9.17) is 9.47 Å². The highest BCUT2D eigenvalue weighted by Gasteiger charge is 2.17. The lowest BCUT2D eigenvalue weighted by Crippen LogP contribution is -2.42. The van der Waals surface area contributed by atoms with Crippen molar-refractivity contribution in [2.75, 3.05) is 38.3 Å². The van der Waals surface area contributed by atoms with Crippen molar-refractivity contribution in [1.29, 1.82) is 0 Å². The minimum Gasteiger partial charge on any atom is -0.484 e. The van der Waals surface area contributed by atoms with E-state index in [1.807, 2.05) is 55.5 Å². The monoisotopic (exact) mass is 410 g/mol. The first kappa shape index (κ1) is 19.4. The van der Waals surface area contributed by atoms with Crippen molar-refractivity contribution in [3.8, 4) is 5.75 Å². The number of nitrogens with zero attached hydrogens (tertiary/aromatic N) is 3. The number of amides is 1. The van der Waals surface area contributed by atoms with Crippen LogP contribution < -0.4 is 10.2 Å². The number of para-hydroxylation sites is 1. The molecule has 1 aliphatic heterocycles. The molecule has 4 rings (SSSR count). The normalized spacial score (nSPS) is 14.8. The second kappa shape index (κ2) is 9.02. The van der Waals surface area contributed by atoms with Gasteiger partial charge in [0, 0.05) is 13.1 Å². The summed E-state index contributed by atoms with van der Waals surface area (Å²) in [6, 6.07) is 15.5. The van der Waals surface area contributed by atoms with Crippen LogP contribution in [0.4, 0.5) is 5.13 Å². The second-order valence-corrected chi connectivity index (χ2v) is 7.63. The number of benzene rings is 2. The molecule has 0 aliphatic carbocycles. The van der Waals surface area contributed by atoms with Gasteiger partial charge in [-0.15, -0.1) is 0 Å². The predicted molar refractivity (Wildman–Crippen MR) is 115 cm³/mol. The molecule has 3 aromatic rings. The maximum atomic E-state index is 12.1. The summed E-state index contributed by atoms with van der Waals surface area (Å²) in [7, 11) is 0. The van der Waals surface area contributed by atoms with Crippen LogP contribution in [-0.2, 0) is 9.53 Å². The van der Waals surface area contributed by atoms with Gasteiger partial charge in [0.25, 0.3) is 5.91 Å². The summed E-state index contributed by atoms with van der Waals surface area (Å²) in [4.78, 5) is 18.4. The fraction of sp³-hybridized carbons (Fsp3) is 0.286. The van der Waals surface area contributed by atoms with E-state index < -0.39 is 0 Å². The van der Waals surface area contributed by atoms with Gasteiger partial charge in [-0.1, -0.05) is 23.5 Å². The van der Waals surface area contributed by atoms with Gasteiger partial charge in [-0.2, -0.15) is 5.10 Å². The van der Waals surface area contributed by atoms with Crippen molar-refractivity contribution in [3.63, 3.8) is 0 Å². The van der Waals surface area contributed by atoms with Crippen LogP contribution in [0, 0.1) is 0 Å². The Kier molecular flexibility index (Phi) is 6.02. The Morgan fingerprint density at radius 3 is 2.72 bits per heavy atom. The summed E-state index contributed by atoms with van der Waals surface area (Å²) >= 11 is 1.56. The number of morpholine rings is 1. The van der Waals surface area contributed by atoms with Gasteiger partial charge in [0.2, 0.25) is 5.13 Å². The largest absolute Gasteiger partial charge is 0.484 e. The number of aromatic nitrogens is 1. The Morgan fingerprint density at radius 1 is 1.21 bits per heavy atom. The van der Waals surface area contributed by atoms with Gasteiger partial charge in [0.05, 0.1) is 29.1 Å². The molecule has 0 atom stereocenters. The molecule has 0 radical (unpaired) electrons. The zero-order chi connectivity index (χ0) is 20.1. The van der Waals surface area contributed by atoms with Crippen molar-refractivity contribution in [3.05, 3.63) is 54.1 Å². The number of hydrogen-bond donors (Lipinski definition) is 1. The van der Waals surface area contributed by atoms with Crippen LogP contribution >= 0.6 is 11.3 Å². The Hall–Kier alpha value is -2.97. The Morgan fingerprint density at radius 2 is 1.97 bits per heavy atom. The fourth-order valence-electron chi connectivity index (χ4n) is 2.96. The van der Waals surface area contributed by atoms with Gasteiger partial charge in [0.1, 0.15) is 5.75 Å². The van der Waals surface area contributed by atoms with E-state index in [1.54, 1.807) is 16.2 Å². The maximum absolute atomic E-state index is 12.1. The zero-order valence-electron chi connectivity index (χ0n) is 16.1. The third kappa shape index (κ3) is 4.90. The van der Waals surface area contributed by atoms with Crippen molar-refractivity contribution < 1.29 is 14.3 Å². The summed E-state index contributed by atoms with van der Waals surface area (Å²) in [6.07, 6.45) is 0. The molecule has 150 valence electrons. The lowest BCUT2D eigenvalue weighted by molar-refractivity contribution is -0.137. The molecule has 2 aromatic carbocycles. The van der Waals surface area contributed by atoms with Crippen LogP contribution in [0.1, 0.15) is 12.5 Å². The number of rotatable bonds is 6. The highest BCUT2D eigenvalue weighted by molar-refractivity contribution is 7.22. The van der Waals surface area contributed by atoms with Gasteiger partial charge in [0.15, 0.2) is 6.61 Å². The number of thiazole rings is 1. The molecule has 0 unspecified atom stereocenters. The Labute approximate surface area is 173 Å². The highest BCUT2D eigenvalue weighted by atomic mass is 32.1. The third-order valence-electron chi connectivity index (χ3n) is 4.61. The number of fused-ring (bicyclic) bond motifs is 1. The van der Waals surface area contributed by atoms with Crippen molar-refractivity contribution in [2.24, 2.45) is 5.10 Å². The van der Waals surface area contributed by atoms with E-state index in [0.717, 1.165) is 26.6 Å². The van der Waals surface area contributed by atoms with Gasteiger partial charge < -0.3 is 14.4 Å². The van der Waals surface area contributed by atoms with E-state index >= 15 is 0 Å². The molecule has 2 heterocycles. The minimum atomic E-state index is -0.0184. The summed E-state index contributed by atoms with van der Waals surface area (Å²) in [5.41, 5.74) is 5.78. The van der Waals surface area contributed by atoms with E-state index in [0.29, 0.717) is 32.1 Å². The quantitative estimate of drug-likeness (QED) is 0.498. The predicted octanol–water partition coefficient (Wildman–Crippen LogP) is 3.37. The average Bonchev–Trinajstić information content (AvgIpc) is 3.20. The number of nitrogens with one attached hydrogen (secondary N) is 1. The zero-order valence-corrected chi connectivity index (χ0v) is 16.9. The Bertz CT molecular complexity index is 977. The molecule has 7 nitrogen and oxygen atoms in total. The molecule has 1 saturated heterocycles. The van der Waals surface area contributed by atoms with E-state index in [2.05, 4.69) is 15.5 Å². The first-order valence-corrected chi connectivity index (χ1v) is 10.3. The van der Waals surface area contributed by atoms with Crippen molar-refractivity contribution >= 4 is 38.3 Å². The van der Waals surface area contributed by atoms with Gasteiger partial charge in [-0.3, -0.25) is 10.2 Å². The molecule has 1 amide bonds. The number of ether oxygens (including phenoxy) is 2. The summed E-state index contributed by atoms with van der Waals surface area (Å²) < 4.78 is 12.0. The summed E-state index contributed by atoms with van der Waals surface area (Å²) in [5, 5.41) is 5.18. The molecule has 1 fully saturated rings. The number of anilines is 1. The average molecular weight is 410 g/mol. The van der Waals surface area contributed by atoms with Crippen LogP contribution in [0.5, 0.6) is 5.75 Å². The second-order valence-electron chi connectivity index (χ2n) is 6.60. The smallest absolute Gasteiger partial charge is 0.260 e. The van der Waals surface area contributed by atoms with E-state index in [9.17, 15) is 4.79 Å². The maximum Gasteiger partial charge on any atom is 0.260 e. The molecule has 0 spiro atoms. The van der Waals surface area contributed by atoms with E-state index in [1.165, 1.54) is 0 Å². The standard InChI is InChI=1S/C21H22N4O3S/c1-15(23-24-21-22-18-4-2-3-5-19(18)29-21)16-6-8-17(9-7-16)28-14-20(26)25-10-12-27-13-11-25/h2-9H,10-14H2,1H3,(H,22,24)/b23-15-. The molecule has 8 heteroatoms. The summed E-state index contributed by atoms with van der Waals surface area (Å²) in [5.74, 6) is 0.637. The summed E-state index contributed by atoms with van der Waals surface area (Å²) in [6.45, 7) is 4.38. The van der Waals surface area contributed by atoms with E-state index in [-0.39, 0.29) is 12.5 Å². The number of carbonyl (C=O) groups excluding carboxylic acids is 1. The van der Waals surface area contributed by atoms with Gasteiger partial charge >= 0.3 is 0 Å². The van der Waals surface area contributed by atoms with Crippen LogP contribution in [0.3, 0.4) is 0 Å². The molecular weight excluding hydrogens is 388 g/mol.